The van der Waals surface area contributed by atoms with Crippen LogP contribution in [-0.4, -0.2) is 31.3 Å². The first kappa shape index (κ1) is 13.2. The molecule has 1 fully saturated rings. The van der Waals surface area contributed by atoms with Crippen LogP contribution in [-0.2, 0) is 0 Å². The summed E-state index contributed by atoms with van der Waals surface area (Å²) < 4.78 is 7.44. The van der Waals surface area contributed by atoms with Crippen molar-refractivity contribution in [1.82, 2.24) is 25.2 Å². The van der Waals surface area contributed by atoms with Gasteiger partial charge in [-0.15, -0.1) is 5.10 Å². The molecule has 0 bridgehead atoms. The van der Waals surface area contributed by atoms with Crippen LogP contribution in [0.1, 0.15) is 32.7 Å². The molecular weight excluding hydrogens is 276 g/mol. The molecule has 0 aliphatic heterocycles. The van der Waals surface area contributed by atoms with E-state index >= 15 is 0 Å². The zero-order valence-corrected chi connectivity index (χ0v) is 12.2. The van der Waals surface area contributed by atoms with Crippen molar-refractivity contribution in [1.29, 1.82) is 0 Å². The SMILES string of the molecule is CC(C)Oc1nc(Sc2nnnn2C2CC2)ccc1N. The van der Waals surface area contributed by atoms with Crippen LogP contribution in [0.3, 0.4) is 0 Å². The average molecular weight is 292 g/mol. The normalized spacial score (nSPS) is 14.8. The standard InChI is InChI=1S/C12H16N6OS/c1-7(2)19-11-9(13)5-6-10(14-11)20-12-15-16-17-18(12)8-3-4-8/h5-8H,3-4,13H2,1-2H3. The highest BCUT2D eigenvalue weighted by atomic mass is 32.2. The number of tetrazole rings is 1. The van der Waals surface area contributed by atoms with Crippen LogP contribution in [0, 0.1) is 0 Å². The Bertz CT molecular complexity index is 610. The van der Waals surface area contributed by atoms with Crippen molar-refractivity contribution in [3.63, 3.8) is 0 Å². The number of aromatic nitrogens is 5. The Kier molecular flexibility index (Phi) is 3.47. The van der Waals surface area contributed by atoms with Crippen molar-refractivity contribution in [3.8, 4) is 5.88 Å². The first-order valence-electron chi connectivity index (χ1n) is 6.52. The van der Waals surface area contributed by atoms with E-state index in [4.69, 9.17) is 10.5 Å². The van der Waals surface area contributed by atoms with Gasteiger partial charge in [0, 0.05) is 0 Å². The van der Waals surface area contributed by atoms with E-state index in [-0.39, 0.29) is 6.10 Å². The molecule has 1 saturated carbocycles. The minimum absolute atomic E-state index is 0.0295. The molecule has 106 valence electrons. The third-order valence-corrected chi connectivity index (χ3v) is 3.65. The number of hydrogen-bond acceptors (Lipinski definition) is 7. The van der Waals surface area contributed by atoms with Gasteiger partial charge in [0.05, 0.1) is 17.8 Å². The number of nitrogens with two attached hydrogens (primary N) is 1. The van der Waals surface area contributed by atoms with Crippen LogP contribution < -0.4 is 10.5 Å². The summed E-state index contributed by atoms with van der Waals surface area (Å²) in [4.78, 5) is 4.42. The fraction of sp³-hybridized carbons (Fsp3) is 0.500. The van der Waals surface area contributed by atoms with Gasteiger partial charge in [-0.05, 0) is 61.0 Å². The van der Waals surface area contributed by atoms with Gasteiger partial charge in [-0.25, -0.2) is 9.67 Å². The Morgan fingerprint density at radius 3 is 2.90 bits per heavy atom. The quantitative estimate of drug-likeness (QED) is 0.900. The highest BCUT2D eigenvalue weighted by Crippen LogP contribution is 2.38. The van der Waals surface area contributed by atoms with Crippen LogP contribution in [0.25, 0.3) is 0 Å². The summed E-state index contributed by atoms with van der Waals surface area (Å²) in [7, 11) is 0. The Labute approximate surface area is 120 Å². The van der Waals surface area contributed by atoms with Crippen LogP contribution in [0.15, 0.2) is 22.3 Å². The number of nitrogens with zero attached hydrogens (tertiary/aromatic N) is 5. The molecule has 0 radical (unpaired) electrons. The molecule has 3 rings (SSSR count). The van der Waals surface area contributed by atoms with Gasteiger partial charge in [0.2, 0.25) is 11.0 Å². The molecule has 0 atom stereocenters. The summed E-state index contributed by atoms with van der Waals surface area (Å²) >= 11 is 1.42. The van der Waals surface area contributed by atoms with Crippen molar-refractivity contribution in [3.05, 3.63) is 12.1 Å². The number of anilines is 1. The smallest absolute Gasteiger partial charge is 0.238 e. The number of hydrogen-bond donors (Lipinski definition) is 1. The maximum absolute atomic E-state index is 5.86. The molecule has 0 spiro atoms. The molecule has 2 heterocycles. The second kappa shape index (κ2) is 5.28. The summed E-state index contributed by atoms with van der Waals surface area (Å²) in [6.07, 6.45) is 2.30. The Morgan fingerprint density at radius 1 is 1.40 bits per heavy atom. The van der Waals surface area contributed by atoms with Crippen molar-refractivity contribution < 1.29 is 4.74 Å². The molecule has 1 aliphatic rings. The maximum Gasteiger partial charge on any atom is 0.238 e. The van der Waals surface area contributed by atoms with E-state index in [0.29, 0.717) is 17.6 Å². The molecule has 2 N–H and O–H groups in total. The van der Waals surface area contributed by atoms with Crippen LogP contribution in [0.2, 0.25) is 0 Å². The first-order chi connectivity index (χ1) is 9.63. The topological polar surface area (TPSA) is 91.7 Å². The van der Waals surface area contributed by atoms with Gasteiger partial charge in [-0.3, -0.25) is 0 Å². The van der Waals surface area contributed by atoms with E-state index in [2.05, 4.69) is 20.5 Å². The summed E-state index contributed by atoms with van der Waals surface area (Å²) in [6, 6.07) is 4.07. The monoisotopic (exact) mass is 292 g/mol. The van der Waals surface area contributed by atoms with Gasteiger partial charge in [-0.2, -0.15) is 0 Å². The van der Waals surface area contributed by atoms with Crippen LogP contribution in [0.5, 0.6) is 5.88 Å². The van der Waals surface area contributed by atoms with Crippen LogP contribution >= 0.6 is 11.8 Å². The lowest BCUT2D eigenvalue weighted by Crippen LogP contribution is -2.09. The van der Waals surface area contributed by atoms with E-state index < -0.39 is 0 Å². The zero-order chi connectivity index (χ0) is 14.1. The van der Waals surface area contributed by atoms with Crippen molar-refractivity contribution in [2.45, 2.75) is 49.0 Å². The van der Waals surface area contributed by atoms with Crippen LogP contribution in [0.4, 0.5) is 5.69 Å². The number of rotatable bonds is 5. The molecular formula is C12H16N6OS. The van der Waals surface area contributed by atoms with Gasteiger partial charge in [0.1, 0.15) is 5.03 Å². The molecule has 8 heteroatoms. The Balaban J connectivity index is 1.81. The lowest BCUT2D eigenvalue weighted by Gasteiger charge is -2.11. The summed E-state index contributed by atoms with van der Waals surface area (Å²) in [6.45, 7) is 3.88. The molecule has 7 nitrogen and oxygen atoms in total. The molecule has 0 unspecified atom stereocenters. The van der Waals surface area contributed by atoms with Crippen molar-refractivity contribution >= 4 is 17.4 Å². The third-order valence-electron chi connectivity index (χ3n) is 2.76. The zero-order valence-electron chi connectivity index (χ0n) is 11.4. The van der Waals surface area contributed by atoms with Gasteiger partial charge in [0.25, 0.3) is 0 Å². The lowest BCUT2D eigenvalue weighted by atomic mass is 10.4. The molecule has 20 heavy (non-hydrogen) atoms. The fourth-order valence-electron chi connectivity index (χ4n) is 1.70. The van der Waals surface area contributed by atoms with Gasteiger partial charge in [0.15, 0.2) is 0 Å². The van der Waals surface area contributed by atoms with E-state index in [1.165, 1.54) is 11.8 Å². The highest BCUT2D eigenvalue weighted by molar-refractivity contribution is 7.99. The van der Waals surface area contributed by atoms with Gasteiger partial charge < -0.3 is 10.5 Å². The molecule has 2 aromatic heterocycles. The van der Waals surface area contributed by atoms with Crippen molar-refractivity contribution in [2.75, 3.05) is 5.73 Å². The maximum atomic E-state index is 5.86. The highest BCUT2D eigenvalue weighted by Gasteiger charge is 2.28. The van der Waals surface area contributed by atoms with Crippen molar-refractivity contribution in [2.24, 2.45) is 0 Å². The average Bonchev–Trinajstić information content (AvgIpc) is 3.14. The first-order valence-corrected chi connectivity index (χ1v) is 7.34. The Hall–Kier alpha value is -1.83. The fourth-order valence-corrected chi connectivity index (χ4v) is 2.51. The van der Waals surface area contributed by atoms with Gasteiger partial charge in [-0.1, -0.05) is 0 Å². The molecule has 2 aromatic rings. The summed E-state index contributed by atoms with van der Waals surface area (Å²) in [5.41, 5.74) is 6.39. The second-order valence-electron chi connectivity index (χ2n) is 4.95. The predicted molar refractivity (Wildman–Crippen MR) is 74.6 cm³/mol. The minimum atomic E-state index is 0.0295. The second-order valence-corrected chi connectivity index (χ2v) is 5.94. The van der Waals surface area contributed by atoms with E-state index in [1.54, 1.807) is 6.07 Å². The van der Waals surface area contributed by atoms with E-state index in [9.17, 15) is 0 Å². The lowest BCUT2D eigenvalue weighted by molar-refractivity contribution is 0.232. The number of pyridine rings is 1. The molecule has 1 aliphatic carbocycles. The molecule has 0 saturated heterocycles. The predicted octanol–water partition coefficient (Wildman–Crippen LogP) is 1.92. The van der Waals surface area contributed by atoms with E-state index in [1.807, 2.05) is 24.6 Å². The van der Waals surface area contributed by atoms with E-state index in [0.717, 1.165) is 23.0 Å². The largest absolute Gasteiger partial charge is 0.473 e. The summed E-state index contributed by atoms with van der Waals surface area (Å²) in [5, 5.41) is 13.3. The third kappa shape index (κ3) is 2.84. The number of ether oxygens (including phenoxy) is 1. The summed E-state index contributed by atoms with van der Waals surface area (Å²) in [5.74, 6) is 0.454. The molecule has 0 aromatic carbocycles. The molecule has 0 amide bonds. The van der Waals surface area contributed by atoms with Gasteiger partial charge >= 0.3 is 0 Å². The minimum Gasteiger partial charge on any atom is -0.473 e. The number of nitrogen functional groups attached to an aromatic ring is 1. The Morgan fingerprint density at radius 2 is 2.20 bits per heavy atom.